The molecule has 92 valence electrons. The number of aliphatic hydroxyl groups excluding tert-OH is 1. The lowest BCUT2D eigenvalue weighted by molar-refractivity contribution is -0.130. The topological polar surface area (TPSA) is 67.8 Å². The van der Waals surface area contributed by atoms with Crippen molar-refractivity contribution in [2.45, 2.75) is 12.5 Å². The van der Waals surface area contributed by atoms with E-state index in [2.05, 4.69) is 5.32 Å². The SMILES string of the molecule is O=C(NCCCO)[C@H]1COc2ccccc2O1. The summed E-state index contributed by atoms with van der Waals surface area (Å²) in [6, 6.07) is 7.25. The van der Waals surface area contributed by atoms with Crippen LogP contribution in [0.15, 0.2) is 24.3 Å². The lowest BCUT2D eigenvalue weighted by Crippen LogP contribution is -2.44. The molecule has 5 heteroatoms. The van der Waals surface area contributed by atoms with Crippen molar-refractivity contribution in [3.63, 3.8) is 0 Å². The van der Waals surface area contributed by atoms with Crippen LogP contribution in [-0.2, 0) is 4.79 Å². The van der Waals surface area contributed by atoms with Crippen LogP contribution in [0, 0.1) is 0 Å². The van der Waals surface area contributed by atoms with E-state index in [1.807, 2.05) is 12.1 Å². The molecule has 0 saturated carbocycles. The minimum Gasteiger partial charge on any atom is -0.485 e. The Morgan fingerprint density at radius 1 is 1.41 bits per heavy atom. The smallest absolute Gasteiger partial charge is 0.264 e. The van der Waals surface area contributed by atoms with Crippen molar-refractivity contribution in [1.82, 2.24) is 5.32 Å². The maximum absolute atomic E-state index is 11.7. The predicted octanol–water partition coefficient (Wildman–Crippen LogP) is 0.325. The summed E-state index contributed by atoms with van der Waals surface area (Å²) in [7, 11) is 0. The maximum atomic E-state index is 11.7. The van der Waals surface area contributed by atoms with Gasteiger partial charge in [0.15, 0.2) is 11.5 Å². The van der Waals surface area contributed by atoms with Gasteiger partial charge in [0, 0.05) is 13.2 Å². The Bertz CT molecular complexity index is 394. The number of hydrogen-bond donors (Lipinski definition) is 2. The highest BCUT2D eigenvalue weighted by molar-refractivity contribution is 5.81. The summed E-state index contributed by atoms with van der Waals surface area (Å²) in [6.07, 6.45) is -0.0841. The second-order valence-electron chi connectivity index (χ2n) is 3.73. The summed E-state index contributed by atoms with van der Waals surface area (Å²) in [5.74, 6) is 1.03. The molecule has 2 N–H and O–H groups in total. The van der Waals surface area contributed by atoms with E-state index < -0.39 is 6.10 Å². The molecule has 1 atom stereocenters. The number of hydrogen-bond acceptors (Lipinski definition) is 4. The van der Waals surface area contributed by atoms with Gasteiger partial charge in [-0.1, -0.05) is 12.1 Å². The molecule has 0 unspecified atom stereocenters. The molecule has 1 amide bonds. The predicted molar refractivity (Wildman–Crippen MR) is 61.1 cm³/mol. The van der Waals surface area contributed by atoms with Crippen LogP contribution in [0.4, 0.5) is 0 Å². The van der Waals surface area contributed by atoms with E-state index >= 15 is 0 Å². The van der Waals surface area contributed by atoms with Crippen LogP contribution in [0.1, 0.15) is 6.42 Å². The fourth-order valence-corrected chi connectivity index (χ4v) is 1.55. The van der Waals surface area contributed by atoms with Gasteiger partial charge in [0.05, 0.1) is 0 Å². The van der Waals surface area contributed by atoms with Crippen molar-refractivity contribution in [3.05, 3.63) is 24.3 Å². The summed E-state index contributed by atoms with van der Waals surface area (Å²) < 4.78 is 11.0. The first-order valence-electron chi connectivity index (χ1n) is 5.58. The molecule has 1 heterocycles. The van der Waals surface area contributed by atoms with E-state index in [1.54, 1.807) is 12.1 Å². The quantitative estimate of drug-likeness (QED) is 0.740. The van der Waals surface area contributed by atoms with Gasteiger partial charge in [-0.05, 0) is 18.6 Å². The number of carbonyl (C=O) groups is 1. The summed E-state index contributed by atoms with van der Waals surface area (Å²) in [5, 5.41) is 11.3. The van der Waals surface area contributed by atoms with Crippen LogP contribution >= 0.6 is 0 Å². The fraction of sp³-hybridized carbons (Fsp3) is 0.417. The van der Waals surface area contributed by atoms with E-state index in [-0.39, 0.29) is 19.1 Å². The second-order valence-corrected chi connectivity index (χ2v) is 3.73. The minimum absolute atomic E-state index is 0.0607. The maximum Gasteiger partial charge on any atom is 0.264 e. The summed E-state index contributed by atoms with van der Waals surface area (Å²) >= 11 is 0. The van der Waals surface area contributed by atoms with E-state index in [1.165, 1.54) is 0 Å². The third-order valence-corrected chi connectivity index (χ3v) is 2.44. The normalized spacial score (nSPS) is 17.6. The molecule has 1 aliphatic rings. The van der Waals surface area contributed by atoms with Crippen molar-refractivity contribution in [1.29, 1.82) is 0 Å². The highest BCUT2D eigenvalue weighted by Crippen LogP contribution is 2.30. The number of fused-ring (bicyclic) bond motifs is 1. The molecule has 0 radical (unpaired) electrons. The molecule has 0 bridgehead atoms. The molecule has 1 aromatic rings. The monoisotopic (exact) mass is 237 g/mol. The molecule has 0 fully saturated rings. The van der Waals surface area contributed by atoms with Gasteiger partial charge in [-0.3, -0.25) is 4.79 Å². The third-order valence-electron chi connectivity index (χ3n) is 2.44. The second kappa shape index (κ2) is 5.54. The summed E-state index contributed by atoms with van der Waals surface area (Å²) in [5.41, 5.74) is 0. The van der Waals surface area contributed by atoms with E-state index in [0.717, 1.165) is 0 Å². The number of carbonyl (C=O) groups excluding carboxylic acids is 1. The van der Waals surface area contributed by atoms with Crippen LogP contribution in [0.2, 0.25) is 0 Å². The largest absolute Gasteiger partial charge is 0.485 e. The van der Waals surface area contributed by atoms with Gasteiger partial charge < -0.3 is 19.9 Å². The average Bonchev–Trinajstić information content (AvgIpc) is 2.38. The first-order valence-corrected chi connectivity index (χ1v) is 5.58. The molecule has 0 saturated heterocycles. The molecule has 0 spiro atoms. The Hall–Kier alpha value is -1.75. The molecule has 0 aromatic heterocycles. The summed E-state index contributed by atoms with van der Waals surface area (Å²) in [6.45, 7) is 0.712. The highest BCUT2D eigenvalue weighted by atomic mass is 16.6. The van der Waals surface area contributed by atoms with Crippen LogP contribution in [-0.4, -0.2) is 36.9 Å². The first kappa shape index (κ1) is 11.7. The van der Waals surface area contributed by atoms with Gasteiger partial charge in [0.25, 0.3) is 5.91 Å². The lowest BCUT2D eigenvalue weighted by atomic mass is 10.2. The van der Waals surface area contributed by atoms with Crippen molar-refractivity contribution < 1.29 is 19.4 Å². The van der Waals surface area contributed by atoms with Gasteiger partial charge in [-0.25, -0.2) is 0 Å². The zero-order chi connectivity index (χ0) is 12.1. The highest BCUT2D eigenvalue weighted by Gasteiger charge is 2.26. The summed E-state index contributed by atoms with van der Waals surface area (Å²) in [4.78, 5) is 11.7. The number of amides is 1. The van der Waals surface area contributed by atoms with Gasteiger partial charge in [0.1, 0.15) is 6.61 Å². The van der Waals surface area contributed by atoms with Gasteiger partial charge in [-0.2, -0.15) is 0 Å². The lowest BCUT2D eigenvalue weighted by Gasteiger charge is -2.25. The van der Waals surface area contributed by atoms with Crippen molar-refractivity contribution in [2.75, 3.05) is 19.8 Å². The Balaban J connectivity index is 1.91. The Morgan fingerprint density at radius 3 is 2.94 bits per heavy atom. The molecular formula is C12H15NO4. The number of para-hydroxylation sites is 2. The van der Waals surface area contributed by atoms with Crippen molar-refractivity contribution in [3.8, 4) is 11.5 Å². The molecule has 2 rings (SSSR count). The first-order chi connectivity index (χ1) is 8.31. The minimum atomic E-state index is -0.622. The van der Waals surface area contributed by atoms with Crippen LogP contribution in [0.3, 0.4) is 0 Å². The van der Waals surface area contributed by atoms with E-state index in [4.69, 9.17) is 14.6 Å². The van der Waals surface area contributed by atoms with E-state index in [9.17, 15) is 4.79 Å². The Kier molecular flexibility index (Phi) is 3.82. The van der Waals surface area contributed by atoms with Crippen LogP contribution in [0.5, 0.6) is 11.5 Å². The van der Waals surface area contributed by atoms with Gasteiger partial charge in [-0.15, -0.1) is 0 Å². The van der Waals surface area contributed by atoms with Crippen LogP contribution in [0.25, 0.3) is 0 Å². The van der Waals surface area contributed by atoms with Crippen molar-refractivity contribution in [2.24, 2.45) is 0 Å². The fourth-order valence-electron chi connectivity index (χ4n) is 1.55. The Labute approximate surface area is 99.3 Å². The number of aliphatic hydroxyl groups is 1. The molecule has 17 heavy (non-hydrogen) atoms. The van der Waals surface area contributed by atoms with E-state index in [0.29, 0.717) is 24.5 Å². The molecule has 1 aliphatic heterocycles. The molecular weight excluding hydrogens is 222 g/mol. The van der Waals surface area contributed by atoms with Crippen LogP contribution < -0.4 is 14.8 Å². The number of rotatable bonds is 4. The molecule has 5 nitrogen and oxygen atoms in total. The number of benzene rings is 1. The number of nitrogens with one attached hydrogen (secondary N) is 1. The van der Waals surface area contributed by atoms with Gasteiger partial charge >= 0.3 is 0 Å². The van der Waals surface area contributed by atoms with Gasteiger partial charge in [0.2, 0.25) is 6.10 Å². The molecule has 0 aliphatic carbocycles. The standard InChI is InChI=1S/C12H15NO4/c14-7-3-6-13-12(15)11-8-16-9-4-1-2-5-10(9)17-11/h1-2,4-5,11,14H,3,6-8H2,(H,13,15)/t11-/m1/s1. The Morgan fingerprint density at radius 2 is 2.18 bits per heavy atom. The average molecular weight is 237 g/mol. The zero-order valence-electron chi connectivity index (χ0n) is 9.39. The van der Waals surface area contributed by atoms with Crippen molar-refractivity contribution >= 4 is 5.91 Å². The molecule has 1 aromatic carbocycles. The third kappa shape index (κ3) is 2.88. The zero-order valence-corrected chi connectivity index (χ0v) is 9.39. The number of ether oxygens (including phenoxy) is 2.